The van der Waals surface area contributed by atoms with Crippen LogP contribution >= 0.6 is 0 Å². The molecule has 0 radical (unpaired) electrons. The Hall–Kier alpha value is -0.210. The second kappa shape index (κ2) is 5.51. The second-order valence-corrected chi connectivity index (χ2v) is 4.12. The predicted molar refractivity (Wildman–Crippen MR) is 44.9 cm³/mol. The van der Waals surface area contributed by atoms with Crippen molar-refractivity contribution in [3.63, 3.8) is 0 Å². The number of hydrogen-bond donors (Lipinski definition) is 3. The van der Waals surface area contributed by atoms with Crippen LogP contribution in [-0.4, -0.2) is 47.8 Å². The minimum absolute atomic E-state index is 0.115. The molecule has 80 valence electrons. The molecular formula is C6H14NO5S-. The van der Waals surface area contributed by atoms with E-state index in [0.29, 0.717) is 6.54 Å². The van der Waals surface area contributed by atoms with Gasteiger partial charge in [-0.1, -0.05) is 6.92 Å². The first-order valence-electron chi connectivity index (χ1n) is 3.91. The number of aliphatic hydroxyl groups is 2. The number of hydrogen-bond acceptors (Lipinski definition) is 6. The van der Waals surface area contributed by atoms with E-state index in [4.69, 9.17) is 10.2 Å². The summed E-state index contributed by atoms with van der Waals surface area (Å²) < 4.78 is 30.6. The summed E-state index contributed by atoms with van der Waals surface area (Å²) in [6, 6.07) is 0. The summed E-state index contributed by atoms with van der Waals surface area (Å²) in [5.41, 5.74) is -2.25. The van der Waals surface area contributed by atoms with Crippen LogP contribution in [0.4, 0.5) is 0 Å². The fraction of sp³-hybridized carbons (Fsp3) is 1.00. The molecule has 0 aliphatic heterocycles. The summed E-state index contributed by atoms with van der Waals surface area (Å²) in [6.45, 7) is 2.36. The molecule has 0 heterocycles. The molecule has 0 aliphatic carbocycles. The topological polar surface area (TPSA) is 110 Å². The zero-order valence-electron chi connectivity index (χ0n) is 7.30. The fourth-order valence-corrected chi connectivity index (χ4v) is 1.20. The third kappa shape index (κ3) is 5.17. The lowest BCUT2D eigenvalue weighted by molar-refractivity contribution is 0.0619. The van der Waals surface area contributed by atoms with E-state index in [1.807, 2.05) is 6.92 Å². The lowest BCUT2D eigenvalue weighted by Gasteiger charge is -2.20. The first kappa shape index (κ1) is 12.8. The van der Waals surface area contributed by atoms with Crippen LogP contribution in [0.1, 0.15) is 13.3 Å². The minimum atomic E-state index is -4.82. The zero-order valence-corrected chi connectivity index (χ0v) is 8.12. The van der Waals surface area contributed by atoms with Crippen LogP contribution in [0, 0.1) is 0 Å². The first-order valence-corrected chi connectivity index (χ1v) is 5.38. The molecule has 0 saturated carbocycles. The summed E-state index contributed by atoms with van der Waals surface area (Å²) in [6.07, 6.45) is -0.763. The van der Waals surface area contributed by atoms with Crippen LogP contribution in [-0.2, 0) is 10.1 Å². The zero-order chi connectivity index (χ0) is 10.5. The normalized spacial score (nSPS) is 16.9. The maximum absolute atomic E-state index is 10.2. The molecule has 3 N–H and O–H groups in total. The molecule has 0 aromatic carbocycles. The van der Waals surface area contributed by atoms with Gasteiger partial charge in [0.15, 0.2) is 5.44 Å². The molecular weight excluding hydrogens is 198 g/mol. The Kier molecular flexibility index (Phi) is 5.42. The number of rotatable bonds is 6. The lowest BCUT2D eigenvalue weighted by atomic mass is 10.3. The van der Waals surface area contributed by atoms with Crippen LogP contribution in [0.5, 0.6) is 0 Å². The van der Waals surface area contributed by atoms with Gasteiger partial charge in [-0.25, -0.2) is 8.42 Å². The smallest absolute Gasteiger partial charge is 0.170 e. The van der Waals surface area contributed by atoms with Gasteiger partial charge in [0.1, 0.15) is 16.2 Å². The summed E-state index contributed by atoms with van der Waals surface area (Å²) in [7, 11) is -4.82. The molecule has 0 saturated heterocycles. The molecule has 13 heavy (non-hydrogen) atoms. The number of nitrogens with one attached hydrogen (secondary N) is 1. The van der Waals surface area contributed by atoms with E-state index in [0.717, 1.165) is 6.42 Å². The van der Waals surface area contributed by atoms with Crippen LogP contribution < -0.4 is 5.32 Å². The highest BCUT2D eigenvalue weighted by atomic mass is 32.2. The van der Waals surface area contributed by atoms with Crippen molar-refractivity contribution < 1.29 is 23.2 Å². The summed E-state index contributed by atoms with van der Waals surface area (Å²) in [4.78, 5) is 0. The van der Waals surface area contributed by atoms with Crippen molar-refractivity contribution in [1.29, 1.82) is 0 Å². The van der Waals surface area contributed by atoms with Gasteiger partial charge in [-0.3, -0.25) is 0 Å². The van der Waals surface area contributed by atoms with Gasteiger partial charge in [-0.15, -0.1) is 0 Å². The van der Waals surface area contributed by atoms with Crippen molar-refractivity contribution >= 4 is 10.1 Å². The molecule has 0 fully saturated rings. The monoisotopic (exact) mass is 212 g/mol. The van der Waals surface area contributed by atoms with Crippen molar-refractivity contribution in [2.24, 2.45) is 0 Å². The van der Waals surface area contributed by atoms with Gasteiger partial charge < -0.3 is 20.1 Å². The van der Waals surface area contributed by atoms with E-state index in [2.05, 4.69) is 5.32 Å². The Labute approximate surface area is 77.3 Å². The van der Waals surface area contributed by atoms with Crippen molar-refractivity contribution in [3.05, 3.63) is 0 Å². The predicted octanol–water partition coefficient (Wildman–Crippen LogP) is -1.79. The standard InChI is InChI=1S/C6H15NO5S/c1-2-3-7-4-5(8)6(9)13(10,11)12/h5-9H,2-4H2,1H3,(H,10,11,12)/p-1. The second-order valence-electron chi connectivity index (χ2n) is 2.65. The van der Waals surface area contributed by atoms with E-state index in [1.54, 1.807) is 0 Å². The van der Waals surface area contributed by atoms with Gasteiger partial charge in [-0.05, 0) is 13.0 Å². The van der Waals surface area contributed by atoms with Crippen molar-refractivity contribution in [2.45, 2.75) is 24.9 Å². The molecule has 0 bridgehead atoms. The maximum Gasteiger partial charge on any atom is 0.170 e. The lowest BCUT2D eigenvalue weighted by Crippen LogP contribution is -2.41. The van der Waals surface area contributed by atoms with Gasteiger partial charge >= 0.3 is 0 Å². The Morgan fingerprint density at radius 3 is 2.38 bits per heavy atom. The average Bonchev–Trinajstić information content (AvgIpc) is 2.01. The van der Waals surface area contributed by atoms with Crippen LogP contribution in [0.3, 0.4) is 0 Å². The largest absolute Gasteiger partial charge is 0.746 e. The van der Waals surface area contributed by atoms with Crippen molar-refractivity contribution in [2.75, 3.05) is 13.1 Å². The molecule has 0 spiro atoms. The molecule has 2 atom stereocenters. The highest BCUT2D eigenvalue weighted by molar-refractivity contribution is 7.86. The maximum atomic E-state index is 10.2. The summed E-state index contributed by atoms with van der Waals surface area (Å²) >= 11 is 0. The number of aliphatic hydroxyl groups excluding tert-OH is 2. The van der Waals surface area contributed by atoms with Crippen molar-refractivity contribution in [3.8, 4) is 0 Å². The van der Waals surface area contributed by atoms with E-state index in [1.165, 1.54) is 0 Å². The average molecular weight is 212 g/mol. The molecule has 0 rings (SSSR count). The summed E-state index contributed by atoms with van der Waals surface area (Å²) in [5, 5.41) is 20.4. The van der Waals surface area contributed by atoms with Crippen LogP contribution in [0.25, 0.3) is 0 Å². The van der Waals surface area contributed by atoms with Crippen molar-refractivity contribution in [1.82, 2.24) is 5.32 Å². The SMILES string of the molecule is CCCNCC(O)C(O)S(=O)(=O)[O-]. The molecule has 7 heteroatoms. The minimum Gasteiger partial charge on any atom is -0.746 e. The van der Waals surface area contributed by atoms with E-state index in [-0.39, 0.29) is 6.54 Å². The molecule has 0 aromatic heterocycles. The summed E-state index contributed by atoms with van der Waals surface area (Å²) in [5.74, 6) is 0. The van der Waals surface area contributed by atoms with Gasteiger partial charge in [0.2, 0.25) is 0 Å². The highest BCUT2D eigenvalue weighted by Gasteiger charge is 2.21. The Balaban J connectivity index is 3.90. The molecule has 6 nitrogen and oxygen atoms in total. The fourth-order valence-electron chi connectivity index (χ4n) is 0.720. The van der Waals surface area contributed by atoms with Crippen LogP contribution in [0.2, 0.25) is 0 Å². The quantitative estimate of drug-likeness (QED) is 0.354. The Morgan fingerprint density at radius 1 is 1.46 bits per heavy atom. The van der Waals surface area contributed by atoms with Gasteiger partial charge in [0.25, 0.3) is 0 Å². The third-order valence-corrected chi connectivity index (χ3v) is 2.31. The first-order chi connectivity index (χ1) is 5.89. The molecule has 0 aromatic rings. The van der Waals surface area contributed by atoms with Crippen LogP contribution in [0.15, 0.2) is 0 Å². The van der Waals surface area contributed by atoms with Gasteiger partial charge in [0.05, 0.1) is 0 Å². The van der Waals surface area contributed by atoms with E-state index >= 15 is 0 Å². The Bertz CT molecular complexity index is 227. The van der Waals surface area contributed by atoms with E-state index < -0.39 is 21.7 Å². The third-order valence-electron chi connectivity index (χ3n) is 1.41. The molecule has 0 aliphatic rings. The highest BCUT2D eigenvalue weighted by Crippen LogP contribution is 1.99. The van der Waals surface area contributed by atoms with Gasteiger partial charge in [0, 0.05) is 6.54 Å². The molecule has 2 unspecified atom stereocenters. The Morgan fingerprint density at radius 2 is 2.00 bits per heavy atom. The van der Waals surface area contributed by atoms with Gasteiger partial charge in [-0.2, -0.15) is 0 Å². The molecule has 0 amide bonds. The van der Waals surface area contributed by atoms with E-state index in [9.17, 15) is 13.0 Å².